The molecule has 0 fully saturated rings. The lowest BCUT2D eigenvalue weighted by atomic mass is 9.99. The molecular formula is C57H33N5OS. The van der Waals surface area contributed by atoms with E-state index in [0.29, 0.717) is 17.6 Å². The molecule has 298 valence electrons. The van der Waals surface area contributed by atoms with Crippen LogP contribution in [0.1, 0.15) is 0 Å². The predicted octanol–water partition coefficient (Wildman–Crippen LogP) is 15.3. The predicted molar refractivity (Wildman–Crippen MR) is 265 cm³/mol. The number of aromatic nitrogens is 5. The van der Waals surface area contributed by atoms with E-state index in [2.05, 4.69) is 191 Å². The highest BCUT2D eigenvalue weighted by Gasteiger charge is 2.26. The summed E-state index contributed by atoms with van der Waals surface area (Å²) in [6.07, 6.45) is 0. The van der Waals surface area contributed by atoms with Gasteiger partial charge in [0.05, 0.1) is 33.1 Å². The summed E-state index contributed by atoms with van der Waals surface area (Å²) in [5, 5.41) is 9.00. The van der Waals surface area contributed by atoms with Gasteiger partial charge in [-0.05, 0) is 53.6 Å². The number of rotatable bonds is 5. The zero-order valence-corrected chi connectivity index (χ0v) is 34.9. The molecule has 6 nitrogen and oxygen atoms in total. The van der Waals surface area contributed by atoms with Crippen molar-refractivity contribution in [2.24, 2.45) is 0 Å². The maximum atomic E-state index is 6.72. The van der Waals surface area contributed by atoms with E-state index in [0.717, 1.165) is 98.9 Å². The summed E-state index contributed by atoms with van der Waals surface area (Å²) in [6.45, 7) is 0. The van der Waals surface area contributed by atoms with Crippen LogP contribution in [0, 0.1) is 0 Å². The second-order valence-electron chi connectivity index (χ2n) is 16.3. The molecule has 0 aliphatic rings. The molecule has 0 atom stereocenters. The minimum Gasteiger partial charge on any atom is -0.456 e. The van der Waals surface area contributed by atoms with Gasteiger partial charge in [-0.2, -0.15) is 9.97 Å². The number of furan rings is 1. The summed E-state index contributed by atoms with van der Waals surface area (Å²) in [4.78, 5) is 16.2. The third-order valence-corrected chi connectivity index (χ3v) is 13.9. The highest BCUT2D eigenvalue weighted by molar-refractivity contribution is 7.25. The van der Waals surface area contributed by atoms with Crippen LogP contribution in [-0.2, 0) is 0 Å². The molecule has 14 rings (SSSR count). The highest BCUT2D eigenvalue weighted by Crippen LogP contribution is 2.46. The van der Waals surface area contributed by atoms with Crippen LogP contribution in [0.25, 0.3) is 131 Å². The van der Waals surface area contributed by atoms with E-state index in [1.165, 1.54) is 14.8 Å². The summed E-state index contributed by atoms with van der Waals surface area (Å²) >= 11 is 1.80. The van der Waals surface area contributed by atoms with Crippen LogP contribution in [-0.4, -0.2) is 24.1 Å². The van der Waals surface area contributed by atoms with E-state index >= 15 is 0 Å². The van der Waals surface area contributed by atoms with Crippen LogP contribution in [0.5, 0.6) is 0 Å². The number of hydrogen-bond acceptors (Lipinski definition) is 5. The van der Waals surface area contributed by atoms with Crippen LogP contribution in [0.15, 0.2) is 205 Å². The third-order valence-electron chi connectivity index (χ3n) is 12.8. The summed E-state index contributed by atoms with van der Waals surface area (Å²) in [6, 6.07) is 70.6. The van der Waals surface area contributed by atoms with E-state index in [-0.39, 0.29) is 0 Å². The topological polar surface area (TPSA) is 61.7 Å². The molecule has 5 aromatic heterocycles. The Morgan fingerprint density at radius 3 is 1.69 bits per heavy atom. The summed E-state index contributed by atoms with van der Waals surface area (Å²) in [5.74, 6) is 1.79. The molecule has 0 aliphatic heterocycles. The van der Waals surface area contributed by atoms with E-state index in [4.69, 9.17) is 19.4 Å². The first-order valence-corrected chi connectivity index (χ1v) is 22.3. The van der Waals surface area contributed by atoms with E-state index in [9.17, 15) is 0 Å². The third kappa shape index (κ3) is 5.04. The molecule has 64 heavy (non-hydrogen) atoms. The fraction of sp³-hybridized carbons (Fsp3) is 0. The molecule has 0 unspecified atom stereocenters. The van der Waals surface area contributed by atoms with Gasteiger partial charge in [-0.1, -0.05) is 158 Å². The summed E-state index contributed by atoms with van der Waals surface area (Å²) in [5.41, 5.74) is 11.1. The zero-order valence-electron chi connectivity index (χ0n) is 34.1. The lowest BCUT2D eigenvalue weighted by Gasteiger charge is -2.14. The Kier molecular flexibility index (Phi) is 7.46. The van der Waals surface area contributed by atoms with Gasteiger partial charge in [-0.15, -0.1) is 11.3 Å². The molecule has 0 radical (unpaired) electrons. The minimum atomic E-state index is 0.550. The fourth-order valence-corrected chi connectivity index (χ4v) is 11.2. The zero-order chi connectivity index (χ0) is 41.9. The molecule has 0 bridgehead atoms. The first kappa shape index (κ1) is 35.2. The second kappa shape index (κ2) is 13.6. The van der Waals surface area contributed by atoms with E-state index in [1.807, 2.05) is 18.2 Å². The van der Waals surface area contributed by atoms with E-state index in [1.54, 1.807) is 11.3 Å². The smallest absolute Gasteiger partial charge is 0.238 e. The van der Waals surface area contributed by atoms with Gasteiger partial charge in [0.1, 0.15) is 11.2 Å². The summed E-state index contributed by atoms with van der Waals surface area (Å²) < 4.78 is 13.9. The first-order valence-electron chi connectivity index (χ1n) is 21.4. The molecule has 0 saturated heterocycles. The van der Waals surface area contributed by atoms with Crippen LogP contribution >= 0.6 is 11.3 Å². The monoisotopic (exact) mass is 835 g/mol. The first-order chi connectivity index (χ1) is 31.8. The number of hydrogen-bond donors (Lipinski definition) is 0. The van der Waals surface area contributed by atoms with Crippen molar-refractivity contribution in [3.05, 3.63) is 200 Å². The average Bonchev–Trinajstić information content (AvgIpc) is 4.12. The van der Waals surface area contributed by atoms with Gasteiger partial charge in [0, 0.05) is 58.2 Å². The molecule has 0 amide bonds. The number of thiophene rings is 1. The normalized spacial score (nSPS) is 12.1. The van der Waals surface area contributed by atoms with E-state index < -0.39 is 0 Å². The largest absolute Gasteiger partial charge is 0.456 e. The van der Waals surface area contributed by atoms with Crippen LogP contribution in [0.2, 0.25) is 0 Å². The van der Waals surface area contributed by atoms with Gasteiger partial charge < -0.3 is 8.98 Å². The van der Waals surface area contributed by atoms with Crippen LogP contribution in [0.4, 0.5) is 0 Å². The Balaban J connectivity index is 1.14. The fourth-order valence-electron chi connectivity index (χ4n) is 10.1. The van der Waals surface area contributed by atoms with Crippen molar-refractivity contribution < 1.29 is 4.42 Å². The van der Waals surface area contributed by atoms with Crippen molar-refractivity contribution in [3.8, 4) is 45.5 Å². The SMILES string of the molecule is c1ccc(-c2nc(-c3cccc4sc5ccccc5c34)nc(-n3c4ccccc4c4ccc5c6ccccc6n(-c6cccc7oc8cccc(-c9ccccc9)c8c67)c5c43)n2)cc1. The summed E-state index contributed by atoms with van der Waals surface area (Å²) in [7, 11) is 0. The maximum Gasteiger partial charge on any atom is 0.238 e. The van der Waals surface area contributed by atoms with Crippen molar-refractivity contribution in [3.63, 3.8) is 0 Å². The Labute approximate surface area is 369 Å². The molecule has 0 spiro atoms. The van der Waals surface area contributed by atoms with Crippen molar-refractivity contribution in [1.82, 2.24) is 24.1 Å². The van der Waals surface area contributed by atoms with Gasteiger partial charge in [0.25, 0.3) is 0 Å². The Morgan fingerprint density at radius 1 is 0.359 bits per heavy atom. The minimum absolute atomic E-state index is 0.550. The van der Waals surface area contributed by atoms with Crippen molar-refractivity contribution >= 4 is 97.1 Å². The average molecular weight is 836 g/mol. The number of benzene rings is 9. The molecule has 9 aromatic carbocycles. The molecule has 0 saturated carbocycles. The Bertz CT molecular complexity index is 4200. The molecular weight excluding hydrogens is 803 g/mol. The molecule has 14 aromatic rings. The van der Waals surface area contributed by atoms with Crippen molar-refractivity contribution in [1.29, 1.82) is 0 Å². The standard InChI is InChI=1S/C57H33N5OS/c1-3-16-34(17-4-1)36-23-13-28-46-51(36)52-45(27-15-29-47(52)63-46)61-43-25-10-7-20-37(43)39-32-33-40-38-21-8-11-26-44(38)62(54(40)53(39)61)57-59-55(35-18-5-2-6-19-35)58-56(60-57)42-24-14-31-49-50(42)41-22-9-12-30-48(41)64-49/h1-33H. The molecule has 0 aliphatic carbocycles. The van der Waals surface area contributed by atoms with Gasteiger partial charge in [0.2, 0.25) is 5.95 Å². The number of fused-ring (bicyclic) bond motifs is 13. The van der Waals surface area contributed by atoms with Crippen LogP contribution < -0.4 is 0 Å². The van der Waals surface area contributed by atoms with Gasteiger partial charge in [-0.3, -0.25) is 4.57 Å². The Morgan fingerprint density at radius 2 is 0.922 bits per heavy atom. The molecule has 5 heterocycles. The number of para-hydroxylation sites is 2. The highest BCUT2D eigenvalue weighted by atomic mass is 32.1. The molecule has 7 heteroatoms. The van der Waals surface area contributed by atoms with Crippen molar-refractivity contribution in [2.75, 3.05) is 0 Å². The quantitative estimate of drug-likeness (QED) is 0.173. The van der Waals surface area contributed by atoms with Gasteiger partial charge in [-0.25, -0.2) is 4.98 Å². The lowest BCUT2D eigenvalue weighted by Crippen LogP contribution is -2.07. The number of nitrogens with zero attached hydrogens (tertiary/aromatic N) is 5. The Hall–Kier alpha value is -8.39. The van der Waals surface area contributed by atoms with Crippen molar-refractivity contribution in [2.45, 2.75) is 0 Å². The van der Waals surface area contributed by atoms with Crippen LogP contribution in [0.3, 0.4) is 0 Å². The molecule has 0 N–H and O–H groups in total. The van der Waals surface area contributed by atoms with Gasteiger partial charge >= 0.3 is 0 Å². The maximum absolute atomic E-state index is 6.72. The lowest BCUT2D eigenvalue weighted by molar-refractivity contribution is 0.669. The second-order valence-corrected chi connectivity index (χ2v) is 17.4. The van der Waals surface area contributed by atoms with Gasteiger partial charge in [0.15, 0.2) is 11.6 Å².